The molecule has 1 N–H and O–H groups in total. The predicted molar refractivity (Wildman–Crippen MR) is 80.6 cm³/mol. The van der Waals surface area contributed by atoms with Gasteiger partial charge >= 0.3 is 5.92 Å². The monoisotopic (exact) mass is 356 g/mol. The molecule has 0 aliphatic rings. The maximum atomic E-state index is 14.1. The van der Waals surface area contributed by atoms with E-state index >= 15 is 0 Å². The summed E-state index contributed by atoms with van der Waals surface area (Å²) in [6.45, 7) is 0.707. The summed E-state index contributed by atoms with van der Waals surface area (Å²) in [6.07, 6.45) is 0. The maximum Gasteiger partial charge on any atom is 0.306 e. The molecule has 0 aliphatic heterocycles. The number of aliphatic hydroxyl groups excluding tert-OH is 1. The van der Waals surface area contributed by atoms with Crippen LogP contribution in [-0.4, -0.2) is 11.7 Å². The van der Waals surface area contributed by atoms with Crippen LogP contribution in [0.25, 0.3) is 0 Å². The fourth-order valence-electron chi connectivity index (χ4n) is 2.05. The van der Waals surface area contributed by atoms with Crippen LogP contribution in [0.4, 0.5) is 8.78 Å². The third-order valence-corrected chi connectivity index (χ3v) is 3.54. The van der Waals surface area contributed by atoms with Crippen LogP contribution in [0.2, 0.25) is 0 Å². The lowest BCUT2D eigenvalue weighted by Gasteiger charge is -2.20. The van der Waals surface area contributed by atoms with Crippen LogP contribution in [0.1, 0.15) is 16.7 Å². The lowest BCUT2D eigenvalue weighted by Crippen LogP contribution is -2.23. The normalized spacial score (nSPS) is 11.5. The van der Waals surface area contributed by atoms with Gasteiger partial charge in [-0.2, -0.15) is 8.78 Å². The Labute approximate surface area is 130 Å². The van der Waals surface area contributed by atoms with Crippen LogP contribution in [0.15, 0.2) is 46.9 Å². The fraction of sp³-hybridized carbons (Fsp3) is 0.250. The lowest BCUT2D eigenvalue weighted by atomic mass is 10.1. The Hall–Kier alpha value is -1.46. The first-order chi connectivity index (χ1) is 9.94. The highest BCUT2D eigenvalue weighted by Gasteiger charge is 2.32. The summed E-state index contributed by atoms with van der Waals surface area (Å²) < 4.78 is 34.3. The van der Waals surface area contributed by atoms with Gasteiger partial charge in [0.25, 0.3) is 0 Å². The average molecular weight is 357 g/mol. The standard InChI is InChI=1S/C16H15BrF2O2/c1-11-7-14(17)8-12(9-20)15(11)21-10-16(18,19)13-5-3-2-4-6-13/h2-8,20H,9-10H2,1H3. The second-order valence-electron chi connectivity index (χ2n) is 4.73. The Balaban J connectivity index is 2.20. The van der Waals surface area contributed by atoms with Crippen LogP contribution < -0.4 is 4.74 Å². The number of aryl methyl sites for hydroxylation is 1. The largest absolute Gasteiger partial charge is 0.486 e. The Morgan fingerprint density at radius 2 is 1.86 bits per heavy atom. The highest BCUT2D eigenvalue weighted by Crippen LogP contribution is 2.32. The summed E-state index contributed by atoms with van der Waals surface area (Å²) in [6, 6.07) is 11.0. The van der Waals surface area contributed by atoms with E-state index in [0.29, 0.717) is 16.9 Å². The minimum atomic E-state index is -3.09. The van der Waals surface area contributed by atoms with Gasteiger partial charge in [-0.15, -0.1) is 0 Å². The van der Waals surface area contributed by atoms with Crippen molar-refractivity contribution in [3.63, 3.8) is 0 Å². The van der Waals surface area contributed by atoms with Gasteiger partial charge < -0.3 is 9.84 Å². The maximum absolute atomic E-state index is 14.1. The van der Waals surface area contributed by atoms with Gasteiger partial charge in [0.2, 0.25) is 0 Å². The van der Waals surface area contributed by atoms with Gasteiger partial charge in [-0.25, -0.2) is 0 Å². The quantitative estimate of drug-likeness (QED) is 0.859. The van der Waals surface area contributed by atoms with Crippen molar-refractivity contribution in [1.82, 2.24) is 0 Å². The van der Waals surface area contributed by atoms with Crippen molar-refractivity contribution in [2.45, 2.75) is 19.5 Å². The van der Waals surface area contributed by atoms with Crippen molar-refractivity contribution in [2.75, 3.05) is 6.61 Å². The van der Waals surface area contributed by atoms with E-state index < -0.39 is 12.5 Å². The zero-order chi connectivity index (χ0) is 15.5. The van der Waals surface area contributed by atoms with Crippen LogP contribution in [-0.2, 0) is 12.5 Å². The van der Waals surface area contributed by atoms with E-state index in [4.69, 9.17) is 4.74 Å². The zero-order valence-electron chi connectivity index (χ0n) is 11.4. The summed E-state index contributed by atoms with van der Waals surface area (Å²) in [5.41, 5.74) is 1.08. The molecular formula is C16H15BrF2O2. The Kier molecular flexibility index (Phi) is 4.96. The SMILES string of the molecule is Cc1cc(Br)cc(CO)c1OCC(F)(F)c1ccccc1. The zero-order valence-corrected chi connectivity index (χ0v) is 13.0. The van der Waals surface area contributed by atoms with E-state index in [-0.39, 0.29) is 12.2 Å². The number of aliphatic hydroxyl groups is 1. The second-order valence-corrected chi connectivity index (χ2v) is 5.64. The number of halogens is 3. The van der Waals surface area contributed by atoms with Crippen LogP contribution in [0.5, 0.6) is 5.75 Å². The van der Waals surface area contributed by atoms with Crippen molar-refractivity contribution in [2.24, 2.45) is 0 Å². The Bertz CT molecular complexity index is 615. The van der Waals surface area contributed by atoms with Crippen molar-refractivity contribution < 1.29 is 18.6 Å². The molecule has 5 heteroatoms. The molecule has 2 nitrogen and oxygen atoms in total. The summed E-state index contributed by atoms with van der Waals surface area (Å²) in [7, 11) is 0. The molecule has 112 valence electrons. The van der Waals surface area contributed by atoms with Crippen LogP contribution in [0.3, 0.4) is 0 Å². The Morgan fingerprint density at radius 3 is 2.48 bits per heavy atom. The summed E-state index contributed by atoms with van der Waals surface area (Å²) in [5, 5.41) is 9.33. The molecule has 2 aromatic rings. The summed E-state index contributed by atoms with van der Waals surface area (Å²) in [4.78, 5) is 0. The number of alkyl halides is 2. The highest BCUT2D eigenvalue weighted by atomic mass is 79.9. The minimum Gasteiger partial charge on any atom is -0.486 e. The number of hydrogen-bond donors (Lipinski definition) is 1. The summed E-state index contributed by atoms with van der Waals surface area (Å²) >= 11 is 3.30. The molecule has 0 amide bonds. The average Bonchev–Trinajstić information content (AvgIpc) is 2.46. The first-order valence-electron chi connectivity index (χ1n) is 6.40. The third-order valence-electron chi connectivity index (χ3n) is 3.08. The number of benzene rings is 2. The molecule has 0 bridgehead atoms. The van der Waals surface area contributed by atoms with Gasteiger partial charge in [-0.3, -0.25) is 0 Å². The smallest absolute Gasteiger partial charge is 0.306 e. The number of hydrogen-bond acceptors (Lipinski definition) is 2. The van der Waals surface area contributed by atoms with Crippen molar-refractivity contribution in [3.05, 3.63) is 63.6 Å². The molecule has 0 atom stereocenters. The van der Waals surface area contributed by atoms with E-state index in [2.05, 4.69) is 15.9 Å². The summed E-state index contributed by atoms with van der Waals surface area (Å²) in [5.74, 6) is -2.79. The first kappa shape index (κ1) is 15.9. The first-order valence-corrected chi connectivity index (χ1v) is 7.19. The van der Waals surface area contributed by atoms with E-state index in [1.165, 1.54) is 12.1 Å². The van der Waals surface area contributed by atoms with Crippen molar-refractivity contribution in [3.8, 4) is 5.75 Å². The van der Waals surface area contributed by atoms with Crippen molar-refractivity contribution >= 4 is 15.9 Å². The molecule has 0 aliphatic carbocycles. The van der Waals surface area contributed by atoms with E-state index in [9.17, 15) is 13.9 Å². The van der Waals surface area contributed by atoms with Gasteiger partial charge in [0, 0.05) is 15.6 Å². The third kappa shape index (κ3) is 3.80. The van der Waals surface area contributed by atoms with Crippen LogP contribution >= 0.6 is 15.9 Å². The molecule has 2 rings (SSSR count). The predicted octanol–water partition coefficient (Wildman–Crippen LogP) is 4.42. The van der Waals surface area contributed by atoms with Gasteiger partial charge in [0.05, 0.1) is 6.61 Å². The van der Waals surface area contributed by atoms with Gasteiger partial charge in [-0.1, -0.05) is 46.3 Å². The molecular weight excluding hydrogens is 342 g/mol. The molecule has 0 saturated carbocycles. The van der Waals surface area contributed by atoms with Gasteiger partial charge in [-0.05, 0) is 24.6 Å². The number of ether oxygens (including phenoxy) is 1. The second kappa shape index (κ2) is 6.54. The molecule has 2 aromatic carbocycles. The fourth-order valence-corrected chi connectivity index (χ4v) is 2.67. The molecule has 0 radical (unpaired) electrons. The molecule has 0 spiro atoms. The van der Waals surface area contributed by atoms with Crippen LogP contribution in [0, 0.1) is 6.92 Å². The molecule has 0 heterocycles. The highest BCUT2D eigenvalue weighted by molar-refractivity contribution is 9.10. The molecule has 0 unspecified atom stereocenters. The van der Waals surface area contributed by atoms with Gasteiger partial charge in [0.1, 0.15) is 5.75 Å². The van der Waals surface area contributed by atoms with E-state index in [0.717, 1.165) is 4.47 Å². The van der Waals surface area contributed by atoms with E-state index in [1.807, 2.05) is 0 Å². The van der Waals surface area contributed by atoms with Crippen molar-refractivity contribution in [1.29, 1.82) is 0 Å². The molecule has 0 saturated heterocycles. The minimum absolute atomic E-state index is 0.0923. The topological polar surface area (TPSA) is 29.5 Å². The number of rotatable bonds is 5. The molecule has 0 fully saturated rings. The Morgan fingerprint density at radius 1 is 1.19 bits per heavy atom. The van der Waals surface area contributed by atoms with E-state index in [1.54, 1.807) is 37.3 Å². The molecule has 0 aromatic heterocycles. The lowest BCUT2D eigenvalue weighted by molar-refractivity contribution is -0.0473. The molecule has 21 heavy (non-hydrogen) atoms. The van der Waals surface area contributed by atoms with Gasteiger partial charge in [0.15, 0.2) is 6.61 Å².